The number of carbonyl (C=O) groups excluding carboxylic acids is 1. The van der Waals surface area contributed by atoms with E-state index in [0.29, 0.717) is 20.6 Å². The van der Waals surface area contributed by atoms with E-state index < -0.39 is 0 Å². The molecule has 1 unspecified atom stereocenters. The minimum atomic E-state index is -0.309. The van der Waals surface area contributed by atoms with E-state index >= 15 is 0 Å². The second-order valence-corrected chi connectivity index (χ2v) is 9.37. The summed E-state index contributed by atoms with van der Waals surface area (Å²) in [5.74, 6) is 0.552. The van der Waals surface area contributed by atoms with Crippen LogP contribution in [-0.4, -0.2) is 30.6 Å². The SMILES string of the molecule is CCC(C)N1C(=O)/C(=C\c2c(Oc3ccccc3C)nc3c(C)cccn3c2=O)SC1=S. The van der Waals surface area contributed by atoms with Gasteiger partial charge in [-0.3, -0.25) is 18.9 Å². The molecular formula is C24H23N3O3S2. The van der Waals surface area contributed by atoms with Gasteiger partial charge >= 0.3 is 0 Å². The zero-order chi connectivity index (χ0) is 23.0. The molecule has 0 aliphatic carbocycles. The van der Waals surface area contributed by atoms with Crippen molar-refractivity contribution in [2.45, 2.75) is 40.2 Å². The Morgan fingerprint density at radius 1 is 1.16 bits per heavy atom. The first kappa shape index (κ1) is 22.2. The second kappa shape index (κ2) is 8.88. The van der Waals surface area contributed by atoms with Gasteiger partial charge in [0.05, 0.1) is 4.91 Å². The van der Waals surface area contributed by atoms with Crippen molar-refractivity contribution in [1.82, 2.24) is 14.3 Å². The van der Waals surface area contributed by atoms with Crippen LogP contribution in [0.1, 0.15) is 37.0 Å². The van der Waals surface area contributed by atoms with Gasteiger partial charge in [0.25, 0.3) is 11.5 Å². The van der Waals surface area contributed by atoms with Crippen molar-refractivity contribution in [2.24, 2.45) is 0 Å². The highest BCUT2D eigenvalue weighted by Gasteiger charge is 2.35. The second-order valence-electron chi connectivity index (χ2n) is 7.70. The summed E-state index contributed by atoms with van der Waals surface area (Å²) in [5, 5.41) is 0. The molecule has 0 saturated carbocycles. The summed E-state index contributed by atoms with van der Waals surface area (Å²) in [7, 11) is 0. The largest absolute Gasteiger partial charge is 0.438 e. The Balaban J connectivity index is 1.90. The first-order valence-electron chi connectivity index (χ1n) is 10.3. The van der Waals surface area contributed by atoms with Crippen molar-refractivity contribution >= 4 is 45.9 Å². The summed E-state index contributed by atoms with van der Waals surface area (Å²) in [6.07, 6.45) is 4.00. The molecule has 3 heterocycles. The summed E-state index contributed by atoms with van der Waals surface area (Å²) in [6.45, 7) is 7.76. The molecule has 1 aliphatic heterocycles. The van der Waals surface area contributed by atoms with Gasteiger partial charge in [-0.2, -0.15) is 4.98 Å². The Morgan fingerprint density at radius 3 is 2.59 bits per heavy atom. The van der Waals surface area contributed by atoms with Gasteiger partial charge in [0.1, 0.15) is 21.3 Å². The predicted octanol–water partition coefficient (Wildman–Crippen LogP) is 5.10. The number of para-hydroxylation sites is 1. The van der Waals surface area contributed by atoms with Gasteiger partial charge in [0, 0.05) is 12.2 Å². The highest BCUT2D eigenvalue weighted by molar-refractivity contribution is 8.26. The van der Waals surface area contributed by atoms with Crippen LogP contribution in [0, 0.1) is 13.8 Å². The summed E-state index contributed by atoms with van der Waals surface area (Å²) >= 11 is 6.63. The molecule has 1 aromatic carbocycles. The number of thiocarbonyl (C=S) groups is 1. The smallest absolute Gasteiger partial charge is 0.269 e. The maximum Gasteiger partial charge on any atom is 0.269 e. The average Bonchev–Trinajstić information content (AvgIpc) is 3.05. The van der Waals surface area contributed by atoms with Crippen LogP contribution < -0.4 is 10.3 Å². The van der Waals surface area contributed by atoms with Gasteiger partial charge in [0.2, 0.25) is 5.88 Å². The Bertz CT molecular complexity index is 1330. The monoisotopic (exact) mass is 465 g/mol. The lowest BCUT2D eigenvalue weighted by molar-refractivity contribution is -0.123. The molecule has 1 aliphatic rings. The van der Waals surface area contributed by atoms with E-state index in [1.165, 1.54) is 16.2 Å². The number of ether oxygens (including phenoxy) is 1. The van der Waals surface area contributed by atoms with Crippen LogP contribution in [0.15, 0.2) is 52.3 Å². The molecule has 2 aromatic heterocycles. The van der Waals surface area contributed by atoms with Crippen LogP contribution in [0.4, 0.5) is 0 Å². The number of carbonyl (C=O) groups is 1. The van der Waals surface area contributed by atoms with Gasteiger partial charge in [-0.15, -0.1) is 0 Å². The molecule has 6 nitrogen and oxygen atoms in total. The Morgan fingerprint density at radius 2 is 1.88 bits per heavy atom. The Hall–Kier alpha value is -2.97. The fourth-order valence-electron chi connectivity index (χ4n) is 3.44. The number of amides is 1. The fraction of sp³-hybridized carbons (Fsp3) is 0.250. The molecule has 1 amide bonds. The first-order chi connectivity index (χ1) is 15.3. The van der Waals surface area contributed by atoms with Crippen molar-refractivity contribution in [3.05, 3.63) is 74.5 Å². The van der Waals surface area contributed by atoms with Crippen LogP contribution in [0.3, 0.4) is 0 Å². The molecule has 1 fully saturated rings. The lowest BCUT2D eigenvalue weighted by atomic mass is 10.2. The summed E-state index contributed by atoms with van der Waals surface area (Å²) < 4.78 is 8.08. The number of hydrogen-bond donors (Lipinski definition) is 0. The first-order valence-corrected chi connectivity index (χ1v) is 11.6. The Kier molecular flexibility index (Phi) is 6.17. The van der Waals surface area contributed by atoms with E-state index in [9.17, 15) is 9.59 Å². The van der Waals surface area contributed by atoms with Crippen LogP contribution >= 0.6 is 24.0 Å². The number of rotatable bonds is 5. The van der Waals surface area contributed by atoms with Crippen LogP contribution in [0.2, 0.25) is 0 Å². The van der Waals surface area contributed by atoms with Gasteiger partial charge in [-0.1, -0.05) is 55.2 Å². The maximum absolute atomic E-state index is 13.5. The lowest BCUT2D eigenvalue weighted by Crippen LogP contribution is -2.36. The standard InChI is InChI=1S/C24H23N3O3S2/c1-5-16(4)27-23(29)19(32-24(27)31)13-17-21(30-18-11-7-6-9-14(18)2)25-20-15(3)10-8-12-26(20)22(17)28/h6-13,16H,5H2,1-4H3/b19-13+. The highest BCUT2D eigenvalue weighted by Crippen LogP contribution is 2.36. The minimum absolute atomic E-state index is 0.0189. The molecule has 8 heteroatoms. The third kappa shape index (κ3) is 3.96. The number of nitrogens with zero attached hydrogens (tertiary/aromatic N) is 3. The number of benzene rings is 1. The minimum Gasteiger partial charge on any atom is -0.438 e. The van der Waals surface area contributed by atoms with Crippen LogP contribution in [-0.2, 0) is 4.79 Å². The average molecular weight is 466 g/mol. The number of aryl methyl sites for hydroxylation is 2. The van der Waals surface area contributed by atoms with Crippen molar-refractivity contribution in [1.29, 1.82) is 0 Å². The quantitative estimate of drug-likeness (QED) is 0.386. The Labute approximate surface area is 195 Å². The third-order valence-electron chi connectivity index (χ3n) is 5.48. The molecule has 0 N–H and O–H groups in total. The van der Waals surface area contributed by atoms with Crippen LogP contribution in [0.25, 0.3) is 11.7 Å². The van der Waals surface area contributed by atoms with E-state index in [4.69, 9.17) is 17.0 Å². The van der Waals surface area contributed by atoms with Crippen LogP contribution in [0.5, 0.6) is 11.6 Å². The number of hydrogen-bond acceptors (Lipinski definition) is 6. The molecule has 0 radical (unpaired) electrons. The normalized spacial score (nSPS) is 16.2. The van der Waals surface area contributed by atoms with Gasteiger partial charge in [-0.05, 0) is 56.5 Å². The lowest BCUT2D eigenvalue weighted by Gasteiger charge is -2.21. The highest BCUT2D eigenvalue weighted by atomic mass is 32.2. The third-order valence-corrected chi connectivity index (χ3v) is 6.81. The zero-order valence-electron chi connectivity index (χ0n) is 18.3. The molecule has 1 saturated heterocycles. The van der Waals surface area contributed by atoms with Crippen molar-refractivity contribution in [3.63, 3.8) is 0 Å². The van der Waals surface area contributed by atoms with E-state index in [1.807, 2.05) is 58.0 Å². The molecular weight excluding hydrogens is 442 g/mol. The topological polar surface area (TPSA) is 63.9 Å². The van der Waals surface area contributed by atoms with Crippen molar-refractivity contribution in [2.75, 3.05) is 0 Å². The maximum atomic E-state index is 13.5. The fourth-order valence-corrected chi connectivity index (χ4v) is 4.89. The summed E-state index contributed by atoms with van der Waals surface area (Å²) in [4.78, 5) is 33.2. The predicted molar refractivity (Wildman–Crippen MR) is 132 cm³/mol. The number of pyridine rings is 1. The zero-order valence-corrected chi connectivity index (χ0v) is 19.9. The van der Waals surface area contributed by atoms with Crippen molar-refractivity contribution in [3.8, 4) is 11.6 Å². The van der Waals surface area contributed by atoms with Gasteiger partial charge in [-0.25, -0.2) is 0 Å². The number of fused-ring (bicyclic) bond motifs is 1. The molecule has 4 rings (SSSR count). The molecule has 3 aromatic rings. The molecule has 164 valence electrons. The number of thioether (sulfide) groups is 1. The molecule has 1 atom stereocenters. The van der Waals surface area contributed by atoms with E-state index in [-0.39, 0.29) is 29.0 Å². The number of aromatic nitrogens is 2. The van der Waals surface area contributed by atoms with Crippen molar-refractivity contribution < 1.29 is 9.53 Å². The van der Waals surface area contributed by atoms with E-state index in [0.717, 1.165) is 17.5 Å². The van der Waals surface area contributed by atoms with E-state index in [2.05, 4.69) is 4.98 Å². The summed E-state index contributed by atoms with van der Waals surface area (Å²) in [5.41, 5.74) is 2.16. The van der Waals surface area contributed by atoms with Gasteiger partial charge in [0.15, 0.2) is 0 Å². The molecule has 0 spiro atoms. The summed E-state index contributed by atoms with van der Waals surface area (Å²) in [6, 6.07) is 11.2. The molecule has 0 bridgehead atoms. The molecule has 32 heavy (non-hydrogen) atoms. The van der Waals surface area contributed by atoms with E-state index in [1.54, 1.807) is 23.2 Å². The van der Waals surface area contributed by atoms with Gasteiger partial charge < -0.3 is 4.74 Å².